The van der Waals surface area contributed by atoms with Crippen LogP contribution in [0.4, 0.5) is 5.69 Å². The van der Waals surface area contributed by atoms with Gasteiger partial charge in [-0.2, -0.15) is 34.0 Å². The molecule has 1 fully saturated rings. The minimum absolute atomic E-state index is 0. The van der Waals surface area contributed by atoms with Crippen molar-refractivity contribution in [2.75, 3.05) is 18.0 Å². The van der Waals surface area contributed by atoms with Crippen molar-refractivity contribution in [3.63, 3.8) is 0 Å². The molecule has 0 spiro atoms. The summed E-state index contributed by atoms with van der Waals surface area (Å²) < 4.78 is 0. The van der Waals surface area contributed by atoms with E-state index in [1.54, 1.807) is 0 Å². The first-order valence-corrected chi connectivity index (χ1v) is 9.95. The van der Waals surface area contributed by atoms with E-state index in [1.807, 2.05) is 20.0 Å². The van der Waals surface area contributed by atoms with E-state index in [0.717, 1.165) is 5.69 Å². The molecule has 0 unspecified atom stereocenters. The smallest absolute Gasteiger partial charge is 0.663 e. The first-order chi connectivity index (χ1) is 12.5. The molecule has 2 nitrogen and oxygen atoms in total. The maximum Gasteiger partial charge on any atom is 2.00 e. The van der Waals surface area contributed by atoms with Gasteiger partial charge in [-0.15, -0.1) is 5.69 Å². The average Bonchev–Trinajstić information content (AvgIpc) is 3.40. The molecule has 0 amide bonds. The van der Waals surface area contributed by atoms with E-state index in [-0.39, 0.29) is 31.9 Å². The van der Waals surface area contributed by atoms with Crippen molar-refractivity contribution in [2.45, 2.75) is 61.3 Å². The zero-order valence-corrected chi connectivity index (χ0v) is 21.1. The maximum absolute atomic E-state index is 4.35. The van der Waals surface area contributed by atoms with Crippen molar-refractivity contribution in [1.29, 1.82) is 0 Å². The van der Waals surface area contributed by atoms with Crippen molar-refractivity contribution < 1.29 is 17.1 Å². The number of pyridine rings is 1. The Hall–Kier alpha value is -1.57. The van der Waals surface area contributed by atoms with Crippen LogP contribution in [0.2, 0.25) is 0 Å². The van der Waals surface area contributed by atoms with Crippen LogP contribution in [0, 0.1) is 49.5 Å². The Kier molecular flexibility index (Phi) is 13.9. The van der Waals surface area contributed by atoms with E-state index in [2.05, 4.69) is 68.8 Å². The summed E-state index contributed by atoms with van der Waals surface area (Å²) in [7, 11) is 0. The molecule has 0 bridgehead atoms. The van der Waals surface area contributed by atoms with Crippen LogP contribution in [-0.4, -0.2) is 13.1 Å². The van der Waals surface area contributed by atoms with E-state index in [0.29, 0.717) is 0 Å². The van der Waals surface area contributed by atoms with Crippen LogP contribution in [0.5, 0.6) is 0 Å². The molecule has 1 aromatic carbocycles. The Balaban J connectivity index is 0. The number of nitrogens with zero attached hydrogens (tertiary/aromatic N) is 2. The average molecular weight is 436 g/mol. The molecule has 3 aliphatic rings. The topological polar surface area (TPSA) is 17.3 Å². The molecule has 0 saturated carbocycles. The summed E-state index contributed by atoms with van der Waals surface area (Å²) in [5.74, 6) is 0. The first-order valence-electron chi connectivity index (χ1n) is 9.95. The quantitative estimate of drug-likeness (QED) is 0.296. The molecule has 0 radical (unpaired) electrons. The maximum atomic E-state index is 4.35. The van der Waals surface area contributed by atoms with E-state index in [4.69, 9.17) is 0 Å². The van der Waals surface area contributed by atoms with Crippen molar-refractivity contribution in [3.05, 3.63) is 73.1 Å². The number of hydrogen-bond donors (Lipinski definition) is 0. The molecular weight excluding hydrogens is 396 g/mol. The summed E-state index contributed by atoms with van der Waals surface area (Å²) in [5.41, 5.74) is 11.1. The van der Waals surface area contributed by atoms with Gasteiger partial charge in [-0.05, 0) is 18.4 Å². The molecule has 164 valence electrons. The van der Waals surface area contributed by atoms with Gasteiger partial charge in [0.1, 0.15) is 0 Å². The number of aromatic nitrogens is 1. The minimum atomic E-state index is 0. The fraction of sp³-hybridized carbons (Fsp3) is 0.423. The number of fused-ring (bicyclic) bond motifs is 1. The molecule has 0 atom stereocenters. The Morgan fingerprint density at radius 3 is 1.83 bits per heavy atom. The largest absolute Gasteiger partial charge is 2.00 e. The van der Waals surface area contributed by atoms with Crippen LogP contribution in [0.15, 0.2) is 30.5 Å². The Morgan fingerprint density at radius 1 is 0.862 bits per heavy atom. The Morgan fingerprint density at radius 2 is 1.38 bits per heavy atom. The number of rotatable bonds is 1. The van der Waals surface area contributed by atoms with Gasteiger partial charge in [0.05, 0.1) is 0 Å². The third-order valence-electron chi connectivity index (χ3n) is 5.77. The zero-order valence-electron chi connectivity index (χ0n) is 20.0. The minimum Gasteiger partial charge on any atom is -0.663 e. The standard InChI is InChI=1S/C12H13N2.C10H15.C2H6.2CH3.Fe/c1-2-9-14(8-1)12-6-7-13-11-5-3-4-10(11)12;1-6-7(2)9(4)10(5)8(6)3;1-2;;;/h3-7H,1-2,8-9H2;1-5H3;1-2H3;2*1H3;/q2*-1;;2*-1;+2. The van der Waals surface area contributed by atoms with Gasteiger partial charge >= 0.3 is 17.1 Å². The first kappa shape index (κ1) is 29.6. The molecule has 0 N–H and O–H groups in total. The predicted molar refractivity (Wildman–Crippen MR) is 128 cm³/mol. The summed E-state index contributed by atoms with van der Waals surface area (Å²) in [4.78, 5) is 6.81. The second kappa shape index (κ2) is 13.6. The fourth-order valence-electron chi connectivity index (χ4n) is 3.66. The summed E-state index contributed by atoms with van der Waals surface area (Å²) in [5, 5.41) is 0. The Labute approximate surface area is 191 Å². The zero-order chi connectivity index (χ0) is 19.3. The third kappa shape index (κ3) is 6.46. The van der Waals surface area contributed by atoms with Gasteiger partial charge in [-0.25, -0.2) is 0 Å². The molecule has 1 aromatic rings. The van der Waals surface area contributed by atoms with Crippen molar-refractivity contribution >= 4 is 5.69 Å². The van der Waals surface area contributed by atoms with Crippen molar-refractivity contribution in [3.8, 4) is 11.3 Å². The van der Waals surface area contributed by atoms with Crippen LogP contribution in [0.3, 0.4) is 0 Å². The van der Waals surface area contributed by atoms with Crippen LogP contribution in [0.1, 0.15) is 54.5 Å². The van der Waals surface area contributed by atoms with Crippen LogP contribution < -0.4 is 9.88 Å². The predicted octanol–water partition coefficient (Wildman–Crippen LogP) is 7.22. The molecule has 2 heterocycles. The molecule has 0 aromatic heterocycles. The van der Waals surface area contributed by atoms with E-state index < -0.39 is 0 Å². The SMILES string of the molecule is CC.Cc1c(C)c(C)[c-](C)c1C.[CH3-].[CH3-].[Fe+2].c1cc2[n-]ccc(N3CCCC3)c-2c1. The van der Waals surface area contributed by atoms with Crippen LogP contribution in [0.25, 0.3) is 11.3 Å². The van der Waals surface area contributed by atoms with Gasteiger partial charge in [-0.1, -0.05) is 72.7 Å². The normalized spacial score (nSPS) is 11.9. The van der Waals surface area contributed by atoms with Gasteiger partial charge in [0.2, 0.25) is 0 Å². The van der Waals surface area contributed by atoms with Gasteiger partial charge in [0.25, 0.3) is 0 Å². The summed E-state index contributed by atoms with van der Waals surface area (Å²) >= 11 is 0. The van der Waals surface area contributed by atoms with Gasteiger partial charge < -0.3 is 24.7 Å². The van der Waals surface area contributed by atoms with Crippen molar-refractivity contribution in [2.24, 2.45) is 0 Å². The number of anilines is 1. The fourth-order valence-corrected chi connectivity index (χ4v) is 3.66. The van der Waals surface area contributed by atoms with Gasteiger partial charge in [0.15, 0.2) is 0 Å². The van der Waals surface area contributed by atoms with Gasteiger partial charge in [0, 0.05) is 18.8 Å². The number of hydrogen-bond acceptors (Lipinski definition) is 1. The van der Waals surface area contributed by atoms with Crippen LogP contribution in [-0.2, 0) is 17.1 Å². The molecule has 2 aliphatic heterocycles. The summed E-state index contributed by atoms with van der Waals surface area (Å²) in [6.07, 6.45) is 4.56. The van der Waals surface area contributed by atoms with Gasteiger partial charge in [-0.3, -0.25) is 0 Å². The molecule has 1 aliphatic carbocycles. The van der Waals surface area contributed by atoms with E-state index in [9.17, 15) is 0 Å². The van der Waals surface area contributed by atoms with Crippen LogP contribution >= 0.6 is 0 Å². The monoisotopic (exact) mass is 436 g/mol. The molecule has 3 heteroatoms. The third-order valence-corrected chi connectivity index (χ3v) is 5.77. The van der Waals surface area contributed by atoms with Crippen molar-refractivity contribution in [1.82, 2.24) is 4.98 Å². The molecule has 29 heavy (non-hydrogen) atoms. The second-order valence-corrected chi connectivity index (χ2v) is 6.97. The molecular formula is C26H40FeN2-2. The second-order valence-electron chi connectivity index (χ2n) is 6.97. The molecule has 4 rings (SSSR count). The summed E-state index contributed by atoms with van der Waals surface area (Å²) in [6, 6.07) is 8.45. The Bertz CT molecular complexity index is 711. The summed E-state index contributed by atoms with van der Waals surface area (Å²) in [6.45, 7) is 17.4. The molecule has 1 saturated heterocycles. The van der Waals surface area contributed by atoms with E-state index >= 15 is 0 Å². The van der Waals surface area contributed by atoms with E-state index in [1.165, 1.54) is 65.0 Å².